The van der Waals surface area contributed by atoms with Crippen molar-refractivity contribution >= 4 is 21.9 Å². The quantitative estimate of drug-likeness (QED) is 0.801. The zero-order valence-corrected chi connectivity index (χ0v) is 12.9. The van der Waals surface area contributed by atoms with Crippen molar-refractivity contribution in [2.75, 3.05) is 20.1 Å². The minimum atomic E-state index is -3.83. The van der Waals surface area contributed by atoms with Crippen LogP contribution in [-0.2, 0) is 19.6 Å². The van der Waals surface area contributed by atoms with Gasteiger partial charge in [-0.1, -0.05) is 0 Å². The lowest BCUT2D eigenvalue weighted by Gasteiger charge is -2.24. The highest BCUT2D eigenvalue weighted by Crippen LogP contribution is 2.19. The van der Waals surface area contributed by atoms with Crippen molar-refractivity contribution in [1.29, 1.82) is 0 Å². The van der Waals surface area contributed by atoms with Crippen LogP contribution < -0.4 is 0 Å². The van der Waals surface area contributed by atoms with E-state index < -0.39 is 34.5 Å². The number of sulfonamides is 1. The SMILES string of the molecule is CN(CC(=O)N1CCCC1C(=O)O)S(=O)(=O)c1cccnc1. The lowest BCUT2D eigenvalue weighted by atomic mass is 10.2. The summed E-state index contributed by atoms with van der Waals surface area (Å²) in [5, 5.41) is 9.07. The molecule has 0 radical (unpaired) electrons. The summed E-state index contributed by atoms with van der Waals surface area (Å²) in [5.74, 6) is -1.58. The molecule has 0 aliphatic carbocycles. The fourth-order valence-electron chi connectivity index (χ4n) is 2.37. The Morgan fingerprint density at radius 3 is 2.82 bits per heavy atom. The van der Waals surface area contributed by atoms with Gasteiger partial charge in [0.15, 0.2) is 0 Å². The summed E-state index contributed by atoms with van der Waals surface area (Å²) in [6.07, 6.45) is 3.64. The molecule has 1 saturated heterocycles. The number of nitrogens with zero attached hydrogens (tertiary/aromatic N) is 3. The molecule has 2 rings (SSSR count). The topological polar surface area (TPSA) is 108 Å². The molecule has 2 heterocycles. The van der Waals surface area contributed by atoms with Crippen LogP contribution in [0.3, 0.4) is 0 Å². The molecule has 1 unspecified atom stereocenters. The first-order valence-electron chi connectivity index (χ1n) is 6.72. The Labute approximate surface area is 128 Å². The highest BCUT2D eigenvalue weighted by molar-refractivity contribution is 7.89. The number of likely N-dealkylation sites (tertiary alicyclic amines) is 1. The van der Waals surface area contributed by atoms with E-state index in [2.05, 4.69) is 4.98 Å². The van der Waals surface area contributed by atoms with E-state index in [1.165, 1.54) is 36.5 Å². The fraction of sp³-hybridized carbons (Fsp3) is 0.462. The molecule has 1 aliphatic rings. The van der Waals surface area contributed by atoms with Gasteiger partial charge in [0, 0.05) is 26.0 Å². The average molecular weight is 327 g/mol. The van der Waals surface area contributed by atoms with Crippen molar-refractivity contribution < 1.29 is 23.1 Å². The van der Waals surface area contributed by atoms with Crippen LogP contribution in [0.2, 0.25) is 0 Å². The second-order valence-electron chi connectivity index (χ2n) is 5.03. The molecule has 22 heavy (non-hydrogen) atoms. The van der Waals surface area contributed by atoms with Gasteiger partial charge >= 0.3 is 5.97 Å². The predicted octanol–water partition coefficient (Wildman–Crippen LogP) is -0.222. The molecule has 1 N–H and O–H groups in total. The van der Waals surface area contributed by atoms with E-state index in [4.69, 9.17) is 5.11 Å². The van der Waals surface area contributed by atoms with Crippen LogP contribution in [0.25, 0.3) is 0 Å². The van der Waals surface area contributed by atoms with E-state index in [0.717, 1.165) is 4.31 Å². The van der Waals surface area contributed by atoms with E-state index >= 15 is 0 Å². The third-order valence-electron chi connectivity index (χ3n) is 3.56. The smallest absolute Gasteiger partial charge is 0.326 e. The van der Waals surface area contributed by atoms with Gasteiger partial charge < -0.3 is 10.0 Å². The number of pyridine rings is 1. The molecule has 120 valence electrons. The number of hydrogen-bond donors (Lipinski definition) is 1. The highest BCUT2D eigenvalue weighted by Gasteiger charge is 2.35. The molecule has 9 heteroatoms. The van der Waals surface area contributed by atoms with Gasteiger partial charge in [-0.2, -0.15) is 4.31 Å². The Balaban J connectivity index is 2.10. The molecule has 0 aromatic carbocycles. The Bertz CT molecular complexity index is 662. The van der Waals surface area contributed by atoms with Crippen molar-refractivity contribution in [3.8, 4) is 0 Å². The molecular weight excluding hydrogens is 310 g/mol. The monoisotopic (exact) mass is 327 g/mol. The molecule has 0 saturated carbocycles. The second kappa shape index (κ2) is 6.41. The maximum absolute atomic E-state index is 12.3. The lowest BCUT2D eigenvalue weighted by Crippen LogP contribution is -2.45. The number of hydrogen-bond acceptors (Lipinski definition) is 5. The third-order valence-corrected chi connectivity index (χ3v) is 5.35. The fourth-order valence-corrected chi connectivity index (χ4v) is 3.45. The summed E-state index contributed by atoms with van der Waals surface area (Å²) in [6.45, 7) is -0.0718. The number of aliphatic carboxylic acids is 1. The molecule has 1 aromatic rings. The second-order valence-corrected chi connectivity index (χ2v) is 7.08. The van der Waals surface area contributed by atoms with Gasteiger partial charge in [-0.3, -0.25) is 9.78 Å². The van der Waals surface area contributed by atoms with Gasteiger partial charge in [0.25, 0.3) is 0 Å². The minimum absolute atomic E-state index is 0.0125. The summed E-state index contributed by atoms with van der Waals surface area (Å²) < 4.78 is 25.5. The zero-order chi connectivity index (χ0) is 16.3. The van der Waals surface area contributed by atoms with Crippen molar-refractivity contribution in [2.24, 2.45) is 0 Å². The molecule has 1 amide bonds. The molecule has 1 aliphatic heterocycles. The van der Waals surface area contributed by atoms with Crippen molar-refractivity contribution in [2.45, 2.75) is 23.8 Å². The van der Waals surface area contributed by atoms with E-state index in [-0.39, 0.29) is 4.90 Å². The van der Waals surface area contributed by atoms with Crippen molar-refractivity contribution in [3.05, 3.63) is 24.5 Å². The Kier molecular flexibility index (Phi) is 4.77. The summed E-state index contributed by atoms with van der Waals surface area (Å²) in [4.78, 5) is 28.2. The van der Waals surface area contributed by atoms with Crippen LogP contribution in [0.15, 0.2) is 29.4 Å². The molecule has 8 nitrogen and oxygen atoms in total. The number of rotatable bonds is 5. The maximum Gasteiger partial charge on any atom is 0.326 e. The molecule has 1 atom stereocenters. The molecular formula is C13H17N3O5S. The summed E-state index contributed by atoms with van der Waals surface area (Å²) >= 11 is 0. The number of likely N-dealkylation sites (N-methyl/N-ethyl adjacent to an activating group) is 1. The van der Waals surface area contributed by atoms with Gasteiger partial charge in [-0.05, 0) is 25.0 Å². The van der Waals surface area contributed by atoms with E-state index in [0.29, 0.717) is 19.4 Å². The predicted molar refractivity (Wildman–Crippen MR) is 76.4 cm³/mol. The average Bonchev–Trinajstić information content (AvgIpc) is 2.97. The highest BCUT2D eigenvalue weighted by atomic mass is 32.2. The number of carbonyl (C=O) groups is 2. The van der Waals surface area contributed by atoms with Crippen LogP contribution >= 0.6 is 0 Å². The summed E-state index contributed by atoms with van der Waals surface area (Å²) in [6, 6.07) is 2.00. The maximum atomic E-state index is 12.3. The first kappa shape index (κ1) is 16.4. The molecule has 1 aromatic heterocycles. The van der Waals surface area contributed by atoms with Crippen LogP contribution in [-0.4, -0.2) is 65.8 Å². The third kappa shape index (κ3) is 3.25. The van der Waals surface area contributed by atoms with Crippen LogP contribution in [0.4, 0.5) is 0 Å². The minimum Gasteiger partial charge on any atom is -0.480 e. The van der Waals surface area contributed by atoms with Crippen molar-refractivity contribution in [3.63, 3.8) is 0 Å². The zero-order valence-electron chi connectivity index (χ0n) is 12.0. The molecule has 0 spiro atoms. The van der Waals surface area contributed by atoms with E-state index in [1.54, 1.807) is 0 Å². The van der Waals surface area contributed by atoms with Crippen LogP contribution in [0.5, 0.6) is 0 Å². The number of carboxylic acid groups (broad SMARTS) is 1. The van der Waals surface area contributed by atoms with Crippen molar-refractivity contribution in [1.82, 2.24) is 14.2 Å². The van der Waals surface area contributed by atoms with E-state index in [1.807, 2.05) is 0 Å². The van der Waals surface area contributed by atoms with Gasteiger partial charge in [0.1, 0.15) is 10.9 Å². The van der Waals surface area contributed by atoms with Gasteiger partial charge in [-0.15, -0.1) is 0 Å². The lowest BCUT2D eigenvalue weighted by molar-refractivity contribution is -0.148. The molecule has 1 fully saturated rings. The number of carboxylic acids is 1. The largest absolute Gasteiger partial charge is 0.480 e. The Morgan fingerprint density at radius 2 is 2.23 bits per heavy atom. The first-order valence-corrected chi connectivity index (χ1v) is 8.16. The van der Waals surface area contributed by atoms with Crippen LogP contribution in [0, 0.1) is 0 Å². The van der Waals surface area contributed by atoms with Gasteiger partial charge in [-0.25, -0.2) is 13.2 Å². The number of amides is 1. The molecule has 0 bridgehead atoms. The van der Waals surface area contributed by atoms with E-state index in [9.17, 15) is 18.0 Å². The Morgan fingerprint density at radius 1 is 1.50 bits per heavy atom. The summed E-state index contributed by atoms with van der Waals surface area (Å²) in [5.41, 5.74) is 0. The standard InChI is InChI=1S/C13H17N3O5S/c1-15(22(20,21)10-4-2-6-14-8-10)9-12(17)16-7-3-5-11(16)13(18)19/h2,4,6,8,11H,3,5,7,9H2,1H3,(H,18,19). The first-order chi connectivity index (χ1) is 10.3. The normalized spacial score (nSPS) is 18.6. The number of aromatic nitrogens is 1. The van der Waals surface area contributed by atoms with Crippen LogP contribution in [0.1, 0.15) is 12.8 Å². The van der Waals surface area contributed by atoms with Gasteiger partial charge in [0.05, 0.1) is 6.54 Å². The van der Waals surface area contributed by atoms with Gasteiger partial charge in [0.2, 0.25) is 15.9 Å². The number of carbonyl (C=O) groups excluding carboxylic acids is 1. The summed E-state index contributed by atoms with van der Waals surface area (Å²) in [7, 11) is -2.54. The Hall–Kier alpha value is -2.00.